The number of unbranched alkanes of at least 4 members (excludes halogenated alkanes) is 3. The molecule has 1 heterocycles. The molecule has 0 radical (unpaired) electrons. The Morgan fingerprint density at radius 2 is 1.41 bits per heavy atom. The Morgan fingerprint density at radius 1 is 0.853 bits per heavy atom. The molecule has 0 unspecified atom stereocenters. The van der Waals surface area contributed by atoms with Crippen LogP contribution in [0.2, 0.25) is 0 Å². The fourth-order valence-electron chi connectivity index (χ4n) is 3.65. The van der Waals surface area contributed by atoms with E-state index in [1.54, 1.807) is 17.9 Å². The van der Waals surface area contributed by atoms with E-state index < -0.39 is 0 Å². The molecule has 3 N–H and O–H groups in total. The largest absolute Gasteiger partial charge is 0.352 e. The molecule has 178 valence electrons. The average Bonchev–Trinajstić information content (AvgIpc) is 2.86. The van der Waals surface area contributed by atoms with Crippen LogP contribution in [0.25, 0.3) is 0 Å². The fraction of sp³-hybridized carbons (Fsp3) is 0.308. The van der Waals surface area contributed by atoms with Gasteiger partial charge in [-0.3, -0.25) is 19.7 Å². The Hall–Kier alpha value is -3.78. The molecule has 0 aliphatic heterocycles. The number of nitrogens with zero attached hydrogens (tertiary/aromatic N) is 3. The maximum absolute atomic E-state index is 12.5. The molecule has 0 fully saturated rings. The molecule has 0 spiro atoms. The summed E-state index contributed by atoms with van der Waals surface area (Å²) >= 11 is 0. The molecule has 1 aromatic heterocycles. The van der Waals surface area contributed by atoms with Gasteiger partial charge in [0.1, 0.15) is 0 Å². The number of aromatic nitrogens is 2. The van der Waals surface area contributed by atoms with Crippen molar-refractivity contribution < 1.29 is 14.8 Å². The van der Waals surface area contributed by atoms with E-state index in [-0.39, 0.29) is 11.8 Å². The molecule has 34 heavy (non-hydrogen) atoms. The summed E-state index contributed by atoms with van der Waals surface area (Å²) in [6.45, 7) is 4.62. The predicted octanol–water partition coefficient (Wildman–Crippen LogP) is 4.75. The number of nitrogens with one attached hydrogen (secondary N) is 2. The Bertz CT molecular complexity index is 1060. The van der Waals surface area contributed by atoms with Crippen LogP contribution in [-0.2, 0) is 4.79 Å². The summed E-state index contributed by atoms with van der Waals surface area (Å²) in [4.78, 5) is 34.5. The summed E-state index contributed by atoms with van der Waals surface area (Å²) in [6.07, 6.45) is 6.65. The number of anilines is 3. The normalized spacial score (nSPS) is 10.6. The molecule has 0 saturated carbocycles. The van der Waals surface area contributed by atoms with E-state index in [0.717, 1.165) is 41.8 Å². The third kappa shape index (κ3) is 6.62. The van der Waals surface area contributed by atoms with Crippen molar-refractivity contribution in [1.29, 1.82) is 0 Å². The second kappa shape index (κ2) is 12.5. The summed E-state index contributed by atoms with van der Waals surface area (Å²) in [5, 5.41) is 11.4. The molecule has 0 bridgehead atoms. The van der Waals surface area contributed by atoms with E-state index in [0.29, 0.717) is 30.9 Å². The molecule has 0 aliphatic carbocycles. The van der Waals surface area contributed by atoms with Gasteiger partial charge in [-0.15, -0.1) is 0 Å². The monoisotopic (exact) mass is 461 g/mol. The van der Waals surface area contributed by atoms with Crippen molar-refractivity contribution in [2.75, 3.05) is 11.4 Å². The van der Waals surface area contributed by atoms with Gasteiger partial charge in [-0.25, -0.2) is 15.4 Å². The first-order chi connectivity index (χ1) is 16.5. The number of benzene rings is 2. The van der Waals surface area contributed by atoms with Crippen LogP contribution in [0.15, 0.2) is 60.9 Å². The number of amides is 2. The van der Waals surface area contributed by atoms with Crippen LogP contribution in [0, 0.1) is 13.8 Å². The second-order valence-electron chi connectivity index (χ2n) is 8.14. The predicted molar refractivity (Wildman–Crippen MR) is 132 cm³/mol. The van der Waals surface area contributed by atoms with Crippen LogP contribution in [0.5, 0.6) is 0 Å². The SMILES string of the molecule is Cc1ccccc1N(c1ncc(C(=O)NCCCCCCC(=O)NO)cn1)c1ccccc1C. The molecule has 8 heteroatoms. The number of hydrogen-bond donors (Lipinski definition) is 3. The number of hydrogen-bond acceptors (Lipinski definition) is 6. The molecule has 0 atom stereocenters. The number of carbonyl (C=O) groups is 2. The molecule has 8 nitrogen and oxygen atoms in total. The zero-order valence-corrected chi connectivity index (χ0v) is 19.6. The van der Waals surface area contributed by atoms with E-state index in [4.69, 9.17) is 5.21 Å². The van der Waals surface area contributed by atoms with Crippen molar-refractivity contribution >= 4 is 29.1 Å². The molecular weight excluding hydrogens is 430 g/mol. The molecule has 2 amide bonds. The van der Waals surface area contributed by atoms with E-state index in [9.17, 15) is 9.59 Å². The van der Waals surface area contributed by atoms with Crippen LogP contribution in [0.3, 0.4) is 0 Å². The highest BCUT2D eigenvalue weighted by molar-refractivity contribution is 5.93. The molecule has 0 aliphatic rings. The smallest absolute Gasteiger partial charge is 0.254 e. The quantitative estimate of drug-likeness (QED) is 0.216. The molecular formula is C26H31N5O3. The Balaban J connectivity index is 1.64. The fourth-order valence-corrected chi connectivity index (χ4v) is 3.65. The van der Waals surface area contributed by atoms with Gasteiger partial charge in [0.15, 0.2) is 0 Å². The Morgan fingerprint density at radius 3 is 1.97 bits per heavy atom. The zero-order chi connectivity index (χ0) is 24.3. The third-order valence-electron chi connectivity index (χ3n) is 5.55. The lowest BCUT2D eigenvalue weighted by molar-refractivity contribution is -0.129. The van der Waals surface area contributed by atoms with Crippen molar-refractivity contribution in [2.45, 2.75) is 46.0 Å². The summed E-state index contributed by atoms with van der Waals surface area (Å²) < 4.78 is 0. The van der Waals surface area contributed by atoms with Gasteiger partial charge in [0.05, 0.1) is 16.9 Å². The standard InChI is InChI=1S/C26H31N5O3/c1-19-11-6-8-13-22(19)31(23-14-9-7-12-20(23)2)26-28-17-21(18-29-26)25(33)27-16-10-4-3-5-15-24(32)30-34/h6-9,11-14,17-18,34H,3-5,10,15-16H2,1-2H3,(H,27,33)(H,30,32). The minimum atomic E-state index is -0.375. The Labute approximate surface area is 200 Å². The first-order valence-electron chi connectivity index (χ1n) is 11.5. The minimum Gasteiger partial charge on any atom is -0.352 e. The van der Waals surface area contributed by atoms with Crippen LogP contribution < -0.4 is 15.7 Å². The van der Waals surface area contributed by atoms with Gasteiger partial charge in [-0.2, -0.15) is 0 Å². The van der Waals surface area contributed by atoms with Crippen LogP contribution in [0.4, 0.5) is 17.3 Å². The van der Waals surface area contributed by atoms with Gasteiger partial charge < -0.3 is 5.32 Å². The summed E-state index contributed by atoms with van der Waals surface area (Å²) in [7, 11) is 0. The number of hydroxylamine groups is 1. The van der Waals surface area contributed by atoms with Gasteiger partial charge in [0.25, 0.3) is 5.91 Å². The lowest BCUT2D eigenvalue weighted by Crippen LogP contribution is -2.25. The summed E-state index contributed by atoms with van der Waals surface area (Å²) in [5.74, 6) is -0.100. The number of rotatable bonds is 11. The molecule has 3 rings (SSSR count). The van der Waals surface area contributed by atoms with Gasteiger partial charge in [-0.05, 0) is 49.9 Å². The topological polar surface area (TPSA) is 107 Å². The first kappa shape index (κ1) is 24.9. The highest BCUT2D eigenvalue weighted by atomic mass is 16.5. The van der Waals surface area contributed by atoms with Crippen molar-refractivity contribution in [3.8, 4) is 0 Å². The van der Waals surface area contributed by atoms with Crippen molar-refractivity contribution in [3.05, 3.63) is 77.6 Å². The molecule has 3 aromatic rings. The van der Waals surface area contributed by atoms with Crippen LogP contribution >= 0.6 is 0 Å². The lowest BCUT2D eigenvalue weighted by Gasteiger charge is -2.26. The van der Waals surface area contributed by atoms with Gasteiger partial charge in [0.2, 0.25) is 11.9 Å². The summed E-state index contributed by atoms with van der Waals surface area (Å²) in [6, 6.07) is 16.1. The summed E-state index contributed by atoms with van der Waals surface area (Å²) in [5.41, 5.74) is 6.16. The number of aryl methyl sites for hydroxylation is 2. The van der Waals surface area contributed by atoms with Gasteiger partial charge in [-0.1, -0.05) is 49.2 Å². The zero-order valence-electron chi connectivity index (χ0n) is 19.6. The first-order valence-corrected chi connectivity index (χ1v) is 11.5. The van der Waals surface area contributed by atoms with Gasteiger partial charge in [0, 0.05) is 25.4 Å². The lowest BCUT2D eigenvalue weighted by atomic mass is 10.1. The van der Waals surface area contributed by atoms with Crippen LogP contribution in [-0.4, -0.2) is 33.5 Å². The highest BCUT2D eigenvalue weighted by Gasteiger charge is 2.19. The molecule has 2 aromatic carbocycles. The highest BCUT2D eigenvalue weighted by Crippen LogP contribution is 2.35. The van der Waals surface area contributed by atoms with Gasteiger partial charge >= 0.3 is 0 Å². The Kier molecular flexibility index (Phi) is 9.11. The van der Waals surface area contributed by atoms with Crippen LogP contribution in [0.1, 0.15) is 53.6 Å². The minimum absolute atomic E-state index is 0.218. The number of para-hydroxylation sites is 2. The van der Waals surface area contributed by atoms with E-state index >= 15 is 0 Å². The van der Waals surface area contributed by atoms with E-state index in [1.165, 1.54) is 0 Å². The van der Waals surface area contributed by atoms with E-state index in [2.05, 4.69) is 15.3 Å². The molecule has 0 saturated heterocycles. The second-order valence-corrected chi connectivity index (χ2v) is 8.14. The third-order valence-corrected chi connectivity index (χ3v) is 5.55. The number of carbonyl (C=O) groups excluding carboxylic acids is 2. The maximum Gasteiger partial charge on any atom is 0.254 e. The maximum atomic E-state index is 12.5. The van der Waals surface area contributed by atoms with Crippen molar-refractivity contribution in [2.24, 2.45) is 0 Å². The van der Waals surface area contributed by atoms with E-state index in [1.807, 2.05) is 67.3 Å². The van der Waals surface area contributed by atoms with Crippen molar-refractivity contribution in [1.82, 2.24) is 20.8 Å². The van der Waals surface area contributed by atoms with Crippen molar-refractivity contribution in [3.63, 3.8) is 0 Å². The average molecular weight is 462 g/mol.